The fourth-order valence-corrected chi connectivity index (χ4v) is 4.68. The second kappa shape index (κ2) is 8.00. The first-order valence-electron chi connectivity index (χ1n) is 9.94. The van der Waals surface area contributed by atoms with Crippen molar-refractivity contribution in [3.05, 3.63) is 35.4 Å². The molecule has 1 aromatic rings. The molecule has 1 N–H and O–H groups in total. The minimum absolute atomic E-state index is 0.0256. The molecule has 3 saturated heterocycles. The van der Waals surface area contributed by atoms with Crippen molar-refractivity contribution in [2.45, 2.75) is 43.6 Å². The third kappa shape index (κ3) is 4.04. The van der Waals surface area contributed by atoms with E-state index in [4.69, 9.17) is 4.74 Å². The van der Waals surface area contributed by atoms with Gasteiger partial charge < -0.3 is 15.0 Å². The first-order chi connectivity index (χ1) is 13.4. The predicted molar refractivity (Wildman–Crippen MR) is 97.9 cm³/mol. The molecule has 3 aliphatic heterocycles. The van der Waals surface area contributed by atoms with Gasteiger partial charge in [-0.15, -0.1) is 0 Å². The Kier molecular flexibility index (Phi) is 5.62. The first-order valence-corrected chi connectivity index (χ1v) is 9.94. The molecule has 3 aliphatic rings. The van der Waals surface area contributed by atoms with E-state index in [1.54, 1.807) is 0 Å². The fourth-order valence-electron chi connectivity index (χ4n) is 4.68. The molecule has 0 spiro atoms. The summed E-state index contributed by atoms with van der Waals surface area (Å²) in [5.74, 6) is -0.0256. The van der Waals surface area contributed by atoms with Crippen LogP contribution in [0, 0.1) is 0 Å². The maximum absolute atomic E-state index is 13.1. The Labute approximate surface area is 162 Å². The largest absolute Gasteiger partial charge is 0.416 e. The van der Waals surface area contributed by atoms with Gasteiger partial charge in [0.15, 0.2) is 0 Å². The Balaban J connectivity index is 1.48. The quantitative estimate of drug-likeness (QED) is 0.847. The van der Waals surface area contributed by atoms with Gasteiger partial charge in [-0.2, -0.15) is 13.2 Å². The van der Waals surface area contributed by atoms with Crippen LogP contribution in [0.15, 0.2) is 24.3 Å². The van der Waals surface area contributed by atoms with Crippen molar-refractivity contribution in [2.24, 2.45) is 0 Å². The lowest BCUT2D eigenvalue weighted by molar-refractivity contribution is -0.142. The Hall–Kier alpha value is -1.64. The molecule has 3 atom stereocenters. The number of hydrogen-bond donors (Lipinski definition) is 1. The second-order valence-electron chi connectivity index (χ2n) is 7.86. The highest BCUT2D eigenvalue weighted by Crippen LogP contribution is 2.30. The SMILES string of the molecule is O=C(Cc1ccc(C(F)(F)F)cc1)N1CCN[C@@H]2COC[C@H](N3CCCC3)[C@H]21. The van der Waals surface area contributed by atoms with Crippen LogP contribution in [0.5, 0.6) is 0 Å². The number of halogens is 3. The van der Waals surface area contributed by atoms with Gasteiger partial charge in [-0.1, -0.05) is 12.1 Å². The van der Waals surface area contributed by atoms with E-state index in [0.29, 0.717) is 31.9 Å². The highest BCUT2D eigenvalue weighted by Gasteiger charge is 2.44. The van der Waals surface area contributed by atoms with E-state index in [-0.39, 0.29) is 30.5 Å². The van der Waals surface area contributed by atoms with Gasteiger partial charge >= 0.3 is 6.18 Å². The minimum Gasteiger partial charge on any atom is -0.378 e. The van der Waals surface area contributed by atoms with Crippen LogP contribution in [0.2, 0.25) is 0 Å². The van der Waals surface area contributed by atoms with Gasteiger partial charge in [0.1, 0.15) is 0 Å². The van der Waals surface area contributed by atoms with E-state index in [1.807, 2.05) is 4.90 Å². The molecule has 4 rings (SSSR count). The number of hydrogen-bond acceptors (Lipinski definition) is 4. The van der Waals surface area contributed by atoms with Gasteiger partial charge in [-0.3, -0.25) is 9.69 Å². The topological polar surface area (TPSA) is 44.8 Å². The molecule has 5 nitrogen and oxygen atoms in total. The molecular weight excluding hydrogens is 371 g/mol. The molecule has 1 amide bonds. The molecule has 0 aromatic heterocycles. The van der Waals surface area contributed by atoms with E-state index in [9.17, 15) is 18.0 Å². The fraction of sp³-hybridized carbons (Fsp3) is 0.650. The molecule has 0 saturated carbocycles. The number of fused-ring (bicyclic) bond motifs is 1. The molecule has 28 heavy (non-hydrogen) atoms. The third-order valence-corrected chi connectivity index (χ3v) is 6.08. The van der Waals surface area contributed by atoms with E-state index < -0.39 is 11.7 Å². The summed E-state index contributed by atoms with van der Waals surface area (Å²) in [6.07, 6.45) is -1.91. The number of piperazine rings is 1. The average Bonchev–Trinajstić information content (AvgIpc) is 3.21. The molecule has 0 bridgehead atoms. The number of nitrogens with zero attached hydrogens (tertiary/aromatic N) is 2. The van der Waals surface area contributed by atoms with Crippen molar-refractivity contribution >= 4 is 5.91 Å². The predicted octanol–water partition coefficient (Wildman–Crippen LogP) is 1.91. The monoisotopic (exact) mass is 397 g/mol. The summed E-state index contributed by atoms with van der Waals surface area (Å²) in [5, 5.41) is 3.48. The van der Waals surface area contributed by atoms with Crippen molar-refractivity contribution in [3.8, 4) is 0 Å². The Morgan fingerprint density at radius 2 is 1.82 bits per heavy atom. The van der Waals surface area contributed by atoms with Gasteiger partial charge in [0, 0.05) is 13.1 Å². The standard InChI is InChI=1S/C20H26F3N3O2/c21-20(22,23)15-5-3-14(4-6-15)11-18(27)26-10-7-24-16-12-28-13-17(19(16)26)25-8-1-2-9-25/h3-6,16-17,19,24H,1-2,7-13H2/t16-,17+,19+/m1/s1. The lowest BCUT2D eigenvalue weighted by atomic mass is 9.92. The van der Waals surface area contributed by atoms with E-state index >= 15 is 0 Å². The Bertz CT molecular complexity index is 687. The summed E-state index contributed by atoms with van der Waals surface area (Å²) in [6.45, 7) is 4.57. The van der Waals surface area contributed by atoms with Gasteiger partial charge in [-0.05, 0) is 43.6 Å². The number of rotatable bonds is 3. The van der Waals surface area contributed by atoms with Crippen molar-refractivity contribution < 1.29 is 22.7 Å². The van der Waals surface area contributed by atoms with Crippen LogP contribution in [-0.4, -0.2) is 73.2 Å². The molecule has 154 valence electrons. The van der Waals surface area contributed by atoms with Crippen molar-refractivity contribution in [3.63, 3.8) is 0 Å². The third-order valence-electron chi connectivity index (χ3n) is 6.08. The van der Waals surface area contributed by atoms with Crippen molar-refractivity contribution in [1.29, 1.82) is 0 Å². The van der Waals surface area contributed by atoms with Crippen LogP contribution < -0.4 is 5.32 Å². The molecule has 0 unspecified atom stereocenters. The van der Waals surface area contributed by atoms with Crippen LogP contribution in [0.4, 0.5) is 13.2 Å². The number of alkyl halides is 3. The number of carbonyl (C=O) groups excluding carboxylic acids is 1. The van der Waals surface area contributed by atoms with Crippen molar-refractivity contribution in [1.82, 2.24) is 15.1 Å². The zero-order valence-corrected chi connectivity index (χ0v) is 15.8. The van der Waals surface area contributed by atoms with Crippen LogP contribution >= 0.6 is 0 Å². The molecular formula is C20H26F3N3O2. The van der Waals surface area contributed by atoms with Crippen LogP contribution in [0.1, 0.15) is 24.0 Å². The zero-order chi connectivity index (χ0) is 19.7. The summed E-state index contributed by atoms with van der Waals surface area (Å²) in [4.78, 5) is 17.4. The van der Waals surface area contributed by atoms with Gasteiger partial charge in [0.2, 0.25) is 5.91 Å². The lowest BCUT2D eigenvalue weighted by Crippen LogP contribution is -2.70. The van der Waals surface area contributed by atoms with E-state index in [0.717, 1.165) is 25.2 Å². The van der Waals surface area contributed by atoms with Gasteiger partial charge in [-0.25, -0.2) is 0 Å². The average molecular weight is 397 g/mol. The maximum Gasteiger partial charge on any atom is 0.416 e. The molecule has 1 aromatic carbocycles. The highest BCUT2D eigenvalue weighted by molar-refractivity contribution is 5.79. The smallest absolute Gasteiger partial charge is 0.378 e. The second-order valence-corrected chi connectivity index (χ2v) is 7.86. The number of amides is 1. The molecule has 8 heteroatoms. The number of benzene rings is 1. The molecule has 0 radical (unpaired) electrons. The first kappa shape index (κ1) is 19.7. The summed E-state index contributed by atoms with van der Waals surface area (Å²) < 4.78 is 44.1. The lowest BCUT2D eigenvalue weighted by Gasteiger charge is -2.50. The number of likely N-dealkylation sites (tertiary alicyclic amines) is 1. The van der Waals surface area contributed by atoms with E-state index in [1.165, 1.54) is 25.0 Å². The number of carbonyl (C=O) groups is 1. The summed E-state index contributed by atoms with van der Waals surface area (Å²) in [5.41, 5.74) is -0.0812. The summed E-state index contributed by atoms with van der Waals surface area (Å²) in [6, 6.07) is 5.22. The Morgan fingerprint density at radius 1 is 1.11 bits per heavy atom. The van der Waals surface area contributed by atoms with Crippen LogP contribution in [0.25, 0.3) is 0 Å². The normalized spacial score (nSPS) is 29.0. The molecule has 3 fully saturated rings. The highest BCUT2D eigenvalue weighted by atomic mass is 19.4. The maximum atomic E-state index is 13.1. The molecule has 3 heterocycles. The Morgan fingerprint density at radius 3 is 2.50 bits per heavy atom. The van der Waals surface area contributed by atoms with Crippen molar-refractivity contribution in [2.75, 3.05) is 39.4 Å². The van der Waals surface area contributed by atoms with Gasteiger partial charge in [0.05, 0.1) is 43.3 Å². The van der Waals surface area contributed by atoms with Crippen LogP contribution in [-0.2, 0) is 22.1 Å². The number of nitrogens with one attached hydrogen (secondary N) is 1. The zero-order valence-electron chi connectivity index (χ0n) is 15.8. The summed E-state index contributed by atoms with van der Waals surface area (Å²) >= 11 is 0. The number of ether oxygens (including phenoxy) is 1. The summed E-state index contributed by atoms with van der Waals surface area (Å²) in [7, 11) is 0. The van der Waals surface area contributed by atoms with Crippen LogP contribution in [0.3, 0.4) is 0 Å². The molecule has 0 aliphatic carbocycles. The van der Waals surface area contributed by atoms with E-state index in [2.05, 4.69) is 10.2 Å². The minimum atomic E-state index is -4.36. The van der Waals surface area contributed by atoms with Gasteiger partial charge in [0.25, 0.3) is 0 Å².